The minimum atomic E-state index is -0.474. The van der Waals surface area contributed by atoms with Gasteiger partial charge in [-0.2, -0.15) is 0 Å². The number of carbonyl (C=O) groups excluding carboxylic acids is 1. The second-order valence-corrected chi connectivity index (χ2v) is 3.03. The van der Waals surface area contributed by atoms with Crippen LogP contribution < -0.4 is 11.1 Å². The van der Waals surface area contributed by atoms with Crippen molar-refractivity contribution in [1.29, 1.82) is 0 Å². The lowest BCUT2D eigenvalue weighted by atomic mass is 10.1. The molecule has 1 unspecified atom stereocenters. The van der Waals surface area contributed by atoms with Crippen molar-refractivity contribution in [3.05, 3.63) is 29.8 Å². The van der Waals surface area contributed by atoms with Crippen molar-refractivity contribution in [3.63, 3.8) is 0 Å². The summed E-state index contributed by atoms with van der Waals surface area (Å²) in [6.07, 6.45) is -0.474. The Labute approximate surface area is 83.1 Å². The highest BCUT2D eigenvalue weighted by Crippen LogP contribution is 2.14. The average Bonchev–Trinajstić information content (AvgIpc) is 2.18. The molecule has 4 heteroatoms. The first-order valence-electron chi connectivity index (χ1n) is 4.34. The summed E-state index contributed by atoms with van der Waals surface area (Å²) in [4.78, 5) is 10.8. The molecule has 1 atom stereocenters. The lowest BCUT2D eigenvalue weighted by Crippen LogP contribution is -2.11. The predicted molar refractivity (Wildman–Crippen MR) is 55.1 cm³/mol. The van der Waals surface area contributed by atoms with Crippen LogP contribution in [0.3, 0.4) is 0 Å². The maximum absolute atomic E-state index is 10.8. The van der Waals surface area contributed by atoms with Crippen LogP contribution in [0.25, 0.3) is 0 Å². The zero-order valence-electron chi connectivity index (χ0n) is 8.28. The molecular formula is C10H14N2O2. The number of hydrogen-bond donors (Lipinski definition) is 2. The molecule has 0 aliphatic rings. The van der Waals surface area contributed by atoms with Crippen molar-refractivity contribution in [3.8, 4) is 0 Å². The Hall–Kier alpha value is -1.55. The van der Waals surface area contributed by atoms with Gasteiger partial charge in [0, 0.05) is 11.7 Å². The molecule has 3 N–H and O–H groups in total. The van der Waals surface area contributed by atoms with Crippen LogP contribution in [0.15, 0.2) is 24.3 Å². The molecule has 1 aromatic rings. The molecule has 1 amide bonds. The van der Waals surface area contributed by atoms with Gasteiger partial charge in [0.2, 0.25) is 0 Å². The molecular weight excluding hydrogens is 180 g/mol. The number of ether oxygens (including phenoxy) is 1. The molecule has 1 aromatic carbocycles. The van der Waals surface area contributed by atoms with Gasteiger partial charge in [-0.15, -0.1) is 0 Å². The van der Waals surface area contributed by atoms with E-state index in [1.807, 2.05) is 19.1 Å². The lowest BCUT2D eigenvalue weighted by Gasteiger charge is -2.07. The molecule has 0 heterocycles. The fourth-order valence-corrected chi connectivity index (χ4v) is 1.04. The largest absolute Gasteiger partial charge is 0.453 e. The van der Waals surface area contributed by atoms with Gasteiger partial charge < -0.3 is 10.5 Å². The topological polar surface area (TPSA) is 64.3 Å². The Bertz CT molecular complexity index is 306. The van der Waals surface area contributed by atoms with Crippen LogP contribution in [0.5, 0.6) is 0 Å². The Morgan fingerprint density at radius 1 is 1.43 bits per heavy atom. The summed E-state index contributed by atoms with van der Waals surface area (Å²) in [5.41, 5.74) is 7.40. The van der Waals surface area contributed by atoms with Crippen molar-refractivity contribution in [2.45, 2.75) is 13.0 Å². The number of carbonyl (C=O) groups is 1. The fraction of sp³-hybridized carbons (Fsp3) is 0.300. The molecule has 4 nitrogen and oxygen atoms in total. The van der Waals surface area contributed by atoms with Crippen molar-refractivity contribution in [2.75, 3.05) is 12.4 Å². The summed E-state index contributed by atoms with van der Waals surface area (Å²) in [6.45, 7) is 1.91. The highest BCUT2D eigenvalue weighted by Gasteiger charge is 2.01. The number of nitrogens with two attached hydrogens (primary N) is 1. The van der Waals surface area contributed by atoms with Crippen LogP contribution in [-0.2, 0) is 4.74 Å². The normalized spacial score (nSPS) is 11.9. The molecule has 0 aliphatic heterocycles. The van der Waals surface area contributed by atoms with E-state index in [2.05, 4.69) is 10.1 Å². The molecule has 0 radical (unpaired) electrons. The lowest BCUT2D eigenvalue weighted by molar-refractivity contribution is 0.187. The number of rotatable bonds is 2. The monoisotopic (exact) mass is 194 g/mol. The minimum Gasteiger partial charge on any atom is -0.453 e. The predicted octanol–water partition coefficient (Wildman–Crippen LogP) is 1.88. The number of anilines is 1. The standard InChI is InChI=1S/C10H14N2O2/c1-7(11)8-3-5-9(6-4-8)12-10(13)14-2/h3-7H,11H2,1-2H3,(H,12,13). The summed E-state index contributed by atoms with van der Waals surface area (Å²) in [6, 6.07) is 7.32. The van der Waals surface area contributed by atoms with Gasteiger partial charge in [-0.25, -0.2) is 4.79 Å². The van der Waals surface area contributed by atoms with Crippen LogP contribution in [-0.4, -0.2) is 13.2 Å². The Morgan fingerprint density at radius 3 is 2.43 bits per heavy atom. The van der Waals surface area contributed by atoms with E-state index in [4.69, 9.17) is 5.73 Å². The molecule has 1 rings (SSSR count). The second-order valence-electron chi connectivity index (χ2n) is 3.03. The number of benzene rings is 1. The number of methoxy groups -OCH3 is 1. The zero-order chi connectivity index (χ0) is 10.6. The molecule has 0 saturated carbocycles. The van der Waals surface area contributed by atoms with Crippen LogP contribution in [0.4, 0.5) is 10.5 Å². The third kappa shape index (κ3) is 2.74. The van der Waals surface area contributed by atoms with E-state index >= 15 is 0 Å². The van der Waals surface area contributed by atoms with Crippen molar-refractivity contribution >= 4 is 11.8 Å². The zero-order valence-corrected chi connectivity index (χ0v) is 8.28. The number of nitrogens with one attached hydrogen (secondary N) is 1. The van der Waals surface area contributed by atoms with E-state index in [1.54, 1.807) is 12.1 Å². The van der Waals surface area contributed by atoms with E-state index in [1.165, 1.54) is 7.11 Å². The molecule has 0 saturated heterocycles. The Morgan fingerprint density at radius 2 is 2.00 bits per heavy atom. The highest BCUT2D eigenvalue weighted by atomic mass is 16.5. The molecule has 0 spiro atoms. The first-order valence-corrected chi connectivity index (χ1v) is 4.34. The number of hydrogen-bond acceptors (Lipinski definition) is 3. The van der Waals surface area contributed by atoms with E-state index in [0.29, 0.717) is 5.69 Å². The fourth-order valence-electron chi connectivity index (χ4n) is 1.04. The van der Waals surface area contributed by atoms with Gasteiger partial charge in [-0.1, -0.05) is 12.1 Å². The van der Waals surface area contributed by atoms with Gasteiger partial charge in [-0.05, 0) is 24.6 Å². The van der Waals surface area contributed by atoms with Crippen LogP contribution >= 0.6 is 0 Å². The van der Waals surface area contributed by atoms with Gasteiger partial charge in [0.1, 0.15) is 0 Å². The third-order valence-corrected chi connectivity index (χ3v) is 1.87. The molecule has 0 aliphatic carbocycles. The first kappa shape index (κ1) is 10.5. The van der Waals surface area contributed by atoms with E-state index in [-0.39, 0.29) is 6.04 Å². The highest BCUT2D eigenvalue weighted by molar-refractivity contribution is 5.84. The maximum Gasteiger partial charge on any atom is 0.411 e. The van der Waals surface area contributed by atoms with Gasteiger partial charge in [-0.3, -0.25) is 5.32 Å². The summed E-state index contributed by atoms with van der Waals surface area (Å²) >= 11 is 0. The minimum absolute atomic E-state index is 0.00202. The van der Waals surface area contributed by atoms with Crippen molar-refractivity contribution < 1.29 is 9.53 Å². The van der Waals surface area contributed by atoms with Crippen molar-refractivity contribution in [1.82, 2.24) is 0 Å². The van der Waals surface area contributed by atoms with Crippen LogP contribution in [0.2, 0.25) is 0 Å². The molecule has 14 heavy (non-hydrogen) atoms. The van der Waals surface area contributed by atoms with E-state index in [0.717, 1.165) is 5.56 Å². The summed E-state index contributed by atoms with van der Waals surface area (Å²) in [5.74, 6) is 0. The summed E-state index contributed by atoms with van der Waals surface area (Å²) < 4.78 is 4.46. The SMILES string of the molecule is COC(=O)Nc1ccc(C(C)N)cc1. The molecule has 0 bridgehead atoms. The summed E-state index contributed by atoms with van der Waals surface area (Å²) in [5, 5.41) is 2.56. The Balaban J connectivity index is 2.69. The van der Waals surface area contributed by atoms with Crippen LogP contribution in [0, 0.1) is 0 Å². The van der Waals surface area contributed by atoms with E-state index < -0.39 is 6.09 Å². The average molecular weight is 194 g/mol. The molecule has 76 valence electrons. The Kier molecular flexibility index (Phi) is 3.48. The second kappa shape index (κ2) is 4.62. The molecule has 0 aromatic heterocycles. The van der Waals surface area contributed by atoms with Gasteiger partial charge in [0.05, 0.1) is 7.11 Å². The number of amides is 1. The van der Waals surface area contributed by atoms with Crippen LogP contribution in [0.1, 0.15) is 18.5 Å². The maximum atomic E-state index is 10.8. The quantitative estimate of drug-likeness (QED) is 0.755. The van der Waals surface area contributed by atoms with Gasteiger partial charge in [0.15, 0.2) is 0 Å². The van der Waals surface area contributed by atoms with Gasteiger partial charge >= 0.3 is 6.09 Å². The van der Waals surface area contributed by atoms with E-state index in [9.17, 15) is 4.79 Å². The van der Waals surface area contributed by atoms with Gasteiger partial charge in [0.25, 0.3) is 0 Å². The third-order valence-electron chi connectivity index (χ3n) is 1.87. The first-order chi connectivity index (χ1) is 6.63. The molecule has 0 fully saturated rings. The summed E-state index contributed by atoms with van der Waals surface area (Å²) in [7, 11) is 1.33. The smallest absolute Gasteiger partial charge is 0.411 e. The van der Waals surface area contributed by atoms with Crippen molar-refractivity contribution in [2.24, 2.45) is 5.73 Å².